The molecule has 1 aliphatic rings. The zero-order valence-corrected chi connectivity index (χ0v) is 9.67. The highest BCUT2D eigenvalue weighted by molar-refractivity contribution is 5.91. The van der Waals surface area contributed by atoms with Gasteiger partial charge in [0, 0.05) is 6.54 Å². The standard InChI is InChI=1S/C12H17NO3/c1-8-6-10(16-9(8)2)11(14)13-7-12(15)4-3-5-12/h6,15H,3-5,7H2,1-2H3,(H,13,14). The molecule has 1 fully saturated rings. The number of hydrogen-bond donors (Lipinski definition) is 2. The fourth-order valence-electron chi connectivity index (χ4n) is 1.78. The van der Waals surface area contributed by atoms with Crippen LogP contribution in [0.3, 0.4) is 0 Å². The lowest BCUT2D eigenvalue weighted by atomic mass is 9.80. The Morgan fingerprint density at radius 2 is 2.25 bits per heavy atom. The molecule has 0 spiro atoms. The lowest BCUT2D eigenvalue weighted by Crippen LogP contribution is -2.47. The maximum atomic E-state index is 11.7. The third-order valence-electron chi connectivity index (χ3n) is 3.25. The van der Waals surface area contributed by atoms with E-state index in [1.165, 1.54) is 0 Å². The second-order valence-corrected chi connectivity index (χ2v) is 4.61. The van der Waals surface area contributed by atoms with Crippen LogP contribution in [0.1, 0.15) is 41.1 Å². The average Bonchev–Trinajstić information content (AvgIpc) is 2.53. The van der Waals surface area contributed by atoms with Gasteiger partial charge in [0.1, 0.15) is 5.76 Å². The maximum absolute atomic E-state index is 11.7. The van der Waals surface area contributed by atoms with Crippen molar-refractivity contribution in [2.45, 2.75) is 38.7 Å². The summed E-state index contributed by atoms with van der Waals surface area (Å²) in [6.45, 7) is 4.03. The highest BCUT2D eigenvalue weighted by atomic mass is 16.4. The molecule has 0 bridgehead atoms. The number of nitrogens with one attached hydrogen (secondary N) is 1. The van der Waals surface area contributed by atoms with Gasteiger partial charge in [-0.1, -0.05) is 0 Å². The highest BCUT2D eigenvalue weighted by Gasteiger charge is 2.34. The predicted molar refractivity (Wildman–Crippen MR) is 59.3 cm³/mol. The molecular formula is C12H17NO3. The Labute approximate surface area is 94.6 Å². The van der Waals surface area contributed by atoms with E-state index < -0.39 is 5.60 Å². The Bertz CT molecular complexity index is 385. The molecule has 2 N–H and O–H groups in total. The summed E-state index contributed by atoms with van der Waals surface area (Å²) in [5.41, 5.74) is 0.277. The van der Waals surface area contributed by atoms with E-state index in [4.69, 9.17) is 4.42 Å². The summed E-state index contributed by atoms with van der Waals surface area (Å²) in [5.74, 6) is 0.821. The number of hydrogen-bond acceptors (Lipinski definition) is 3. The average molecular weight is 223 g/mol. The molecule has 16 heavy (non-hydrogen) atoms. The second kappa shape index (κ2) is 3.94. The van der Waals surface area contributed by atoms with Crippen LogP contribution in [-0.4, -0.2) is 23.2 Å². The molecule has 1 saturated carbocycles. The fraction of sp³-hybridized carbons (Fsp3) is 0.583. The third kappa shape index (κ3) is 2.11. The molecule has 0 radical (unpaired) electrons. The first-order valence-electron chi connectivity index (χ1n) is 5.58. The van der Waals surface area contributed by atoms with Gasteiger partial charge in [0.2, 0.25) is 0 Å². The van der Waals surface area contributed by atoms with Crippen LogP contribution in [0, 0.1) is 13.8 Å². The van der Waals surface area contributed by atoms with Gasteiger partial charge in [-0.05, 0) is 44.7 Å². The van der Waals surface area contributed by atoms with Crippen molar-refractivity contribution < 1.29 is 14.3 Å². The summed E-state index contributed by atoms with van der Waals surface area (Å²) < 4.78 is 5.30. The van der Waals surface area contributed by atoms with Crippen molar-refractivity contribution >= 4 is 5.91 Å². The van der Waals surface area contributed by atoms with E-state index in [1.807, 2.05) is 13.8 Å². The molecule has 4 nitrogen and oxygen atoms in total. The number of carbonyl (C=O) groups excluding carboxylic acids is 1. The van der Waals surface area contributed by atoms with E-state index >= 15 is 0 Å². The van der Waals surface area contributed by atoms with Crippen molar-refractivity contribution in [2.75, 3.05) is 6.54 Å². The summed E-state index contributed by atoms with van der Waals surface area (Å²) in [6.07, 6.45) is 2.57. The van der Waals surface area contributed by atoms with Gasteiger partial charge in [-0.15, -0.1) is 0 Å². The van der Waals surface area contributed by atoms with E-state index in [1.54, 1.807) is 6.07 Å². The molecular weight excluding hydrogens is 206 g/mol. The Morgan fingerprint density at radius 3 is 2.69 bits per heavy atom. The van der Waals surface area contributed by atoms with Gasteiger partial charge in [0.15, 0.2) is 5.76 Å². The van der Waals surface area contributed by atoms with Crippen LogP contribution in [0.25, 0.3) is 0 Å². The fourth-order valence-corrected chi connectivity index (χ4v) is 1.78. The highest BCUT2D eigenvalue weighted by Crippen LogP contribution is 2.30. The first kappa shape index (κ1) is 11.2. The zero-order chi connectivity index (χ0) is 11.8. The molecule has 0 unspecified atom stereocenters. The predicted octanol–water partition coefficient (Wildman–Crippen LogP) is 1.54. The van der Waals surface area contributed by atoms with Gasteiger partial charge in [-0.2, -0.15) is 0 Å². The topological polar surface area (TPSA) is 62.5 Å². The van der Waals surface area contributed by atoms with E-state index in [9.17, 15) is 9.90 Å². The third-order valence-corrected chi connectivity index (χ3v) is 3.25. The van der Waals surface area contributed by atoms with Crippen LogP contribution >= 0.6 is 0 Å². The van der Waals surface area contributed by atoms with Crippen LogP contribution in [0.15, 0.2) is 10.5 Å². The number of rotatable bonds is 3. The second-order valence-electron chi connectivity index (χ2n) is 4.61. The van der Waals surface area contributed by atoms with Crippen molar-refractivity contribution in [1.29, 1.82) is 0 Å². The monoisotopic (exact) mass is 223 g/mol. The quantitative estimate of drug-likeness (QED) is 0.817. The van der Waals surface area contributed by atoms with Gasteiger partial charge < -0.3 is 14.8 Å². The minimum absolute atomic E-state index is 0.253. The summed E-state index contributed by atoms with van der Waals surface area (Å²) in [6, 6.07) is 1.72. The van der Waals surface area contributed by atoms with E-state index in [-0.39, 0.29) is 5.91 Å². The molecule has 4 heteroatoms. The Hall–Kier alpha value is -1.29. The van der Waals surface area contributed by atoms with Crippen molar-refractivity contribution in [3.63, 3.8) is 0 Å². The van der Waals surface area contributed by atoms with Gasteiger partial charge in [0.05, 0.1) is 5.60 Å². The minimum Gasteiger partial charge on any atom is -0.456 e. The zero-order valence-electron chi connectivity index (χ0n) is 9.67. The lowest BCUT2D eigenvalue weighted by molar-refractivity contribution is -0.0302. The summed E-state index contributed by atoms with van der Waals surface area (Å²) >= 11 is 0. The van der Waals surface area contributed by atoms with E-state index in [2.05, 4.69) is 5.32 Å². The lowest BCUT2D eigenvalue weighted by Gasteiger charge is -2.36. The van der Waals surface area contributed by atoms with Gasteiger partial charge >= 0.3 is 0 Å². The minimum atomic E-state index is -0.688. The normalized spacial score (nSPS) is 17.9. The van der Waals surface area contributed by atoms with E-state index in [0.717, 1.165) is 30.6 Å². The van der Waals surface area contributed by atoms with Crippen LogP contribution < -0.4 is 5.32 Å². The molecule has 1 aromatic rings. The molecule has 0 aliphatic heterocycles. The summed E-state index contributed by atoms with van der Waals surface area (Å²) in [7, 11) is 0. The van der Waals surface area contributed by atoms with Gasteiger partial charge in [0.25, 0.3) is 5.91 Å². The van der Waals surface area contributed by atoms with Crippen molar-refractivity contribution in [2.24, 2.45) is 0 Å². The number of aliphatic hydroxyl groups is 1. The van der Waals surface area contributed by atoms with Crippen LogP contribution in [-0.2, 0) is 0 Å². The summed E-state index contributed by atoms with van der Waals surface area (Å²) in [4.78, 5) is 11.7. The van der Waals surface area contributed by atoms with Crippen LogP contribution in [0.2, 0.25) is 0 Å². The number of furan rings is 1. The molecule has 1 amide bonds. The van der Waals surface area contributed by atoms with Crippen molar-refractivity contribution in [1.82, 2.24) is 5.32 Å². The molecule has 1 aromatic heterocycles. The molecule has 1 heterocycles. The van der Waals surface area contributed by atoms with Crippen LogP contribution in [0.4, 0.5) is 0 Å². The summed E-state index contributed by atoms with van der Waals surface area (Å²) in [5, 5.41) is 12.5. The Balaban J connectivity index is 1.93. The smallest absolute Gasteiger partial charge is 0.287 e. The molecule has 1 aliphatic carbocycles. The maximum Gasteiger partial charge on any atom is 0.287 e. The Kier molecular flexibility index (Phi) is 2.76. The van der Waals surface area contributed by atoms with Gasteiger partial charge in [-0.3, -0.25) is 4.79 Å². The first-order valence-corrected chi connectivity index (χ1v) is 5.58. The van der Waals surface area contributed by atoms with Crippen molar-refractivity contribution in [3.05, 3.63) is 23.2 Å². The van der Waals surface area contributed by atoms with E-state index in [0.29, 0.717) is 12.3 Å². The molecule has 88 valence electrons. The number of carbonyl (C=O) groups is 1. The SMILES string of the molecule is Cc1cc(C(=O)NCC2(O)CCC2)oc1C. The molecule has 0 aromatic carbocycles. The van der Waals surface area contributed by atoms with Gasteiger partial charge in [-0.25, -0.2) is 0 Å². The molecule has 0 atom stereocenters. The first-order chi connectivity index (χ1) is 7.50. The van der Waals surface area contributed by atoms with Crippen LogP contribution in [0.5, 0.6) is 0 Å². The largest absolute Gasteiger partial charge is 0.456 e. The number of aryl methyl sites for hydroxylation is 2. The molecule has 2 rings (SSSR count). The number of amides is 1. The Morgan fingerprint density at radius 1 is 1.56 bits per heavy atom. The van der Waals surface area contributed by atoms with Crippen molar-refractivity contribution in [3.8, 4) is 0 Å². The molecule has 0 saturated heterocycles.